The minimum absolute atomic E-state index is 0.219. The van der Waals surface area contributed by atoms with E-state index in [1.54, 1.807) is 30.7 Å². The standard InChI is InChI=1S/C20H18N6O2/c1-13-16(14(2)26(25-13)15-7-4-3-5-8-15)12-21-24-20(27)18-11-17(22-23-18)19-9-6-10-28-19/h3-12H,1-2H3,(H,22,23)(H,24,27)/b21-12-. The van der Waals surface area contributed by atoms with Crippen LogP contribution in [-0.4, -0.2) is 32.1 Å². The van der Waals surface area contributed by atoms with Gasteiger partial charge >= 0.3 is 0 Å². The van der Waals surface area contributed by atoms with E-state index in [1.165, 1.54) is 0 Å². The molecule has 1 aromatic carbocycles. The van der Waals surface area contributed by atoms with Gasteiger partial charge in [0.1, 0.15) is 5.69 Å². The van der Waals surface area contributed by atoms with Crippen molar-refractivity contribution in [3.63, 3.8) is 0 Å². The number of aromatic amines is 1. The number of amides is 1. The van der Waals surface area contributed by atoms with Gasteiger partial charge in [0.15, 0.2) is 11.5 Å². The van der Waals surface area contributed by atoms with Crippen molar-refractivity contribution in [1.82, 2.24) is 25.4 Å². The van der Waals surface area contributed by atoms with Crippen LogP contribution in [0.3, 0.4) is 0 Å². The highest BCUT2D eigenvalue weighted by Crippen LogP contribution is 2.18. The smallest absolute Gasteiger partial charge is 0.291 e. The average molecular weight is 374 g/mol. The molecule has 0 atom stereocenters. The van der Waals surface area contributed by atoms with Crippen LogP contribution >= 0.6 is 0 Å². The fraction of sp³-hybridized carbons (Fsp3) is 0.100. The molecule has 0 spiro atoms. The first-order valence-corrected chi connectivity index (χ1v) is 8.68. The molecule has 2 N–H and O–H groups in total. The van der Waals surface area contributed by atoms with E-state index in [2.05, 4.69) is 25.8 Å². The van der Waals surface area contributed by atoms with Gasteiger partial charge in [0.25, 0.3) is 5.91 Å². The quantitative estimate of drug-likeness (QED) is 0.414. The molecule has 0 saturated carbocycles. The Balaban J connectivity index is 1.48. The van der Waals surface area contributed by atoms with Gasteiger partial charge in [-0.1, -0.05) is 18.2 Å². The maximum Gasteiger partial charge on any atom is 0.291 e. The molecule has 0 unspecified atom stereocenters. The van der Waals surface area contributed by atoms with E-state index in [1.807, 2.05) is 48.9 Å². The third-order valence-corrected chi connectivity index (χ3v) is 4.30. The van der Waals surface area contributed by atoms with Crippen molar-refractivity contribution >= 4 is 12.1 Å². The van der Waals surface area contributed by atoms with E-state index < -0.39 is 5.91 Å². The predicted octanol–water partition coefficient (Wildman–Crippen LogP) is 3.24. The number of benzene rings is 1. The van der Waals surface area contributed by atoms with Crippen molar-refractivity contribution in [1.29, 1.82) is 0 Å². The maximum atomic E-state index is 12.3. The second-order valence-electron chi connectivity index (χ2n) is 6.18. The maximum absolute atomic E-state index is 12.3. The first kappa shape index (κ1) is 17.5. The number of hydrazone groups is 1. The largest absolute Gasteiger partial charge is 0.463 e. The van der Waals surface area contributed by atoms with E-state index in [9.17, 15) is 4.79 Å². The van der Waals surface area contributed by atoms with Gasteiger partial charge in [0, 0.05) is 11.6 Å². The van der Waals surface area contributed by atoms with Gasteiger partial charge in [0.05, 0.1) is 29.6 Å². The molecule has 0 aliphatic carbocycles. The van der Waals surface area contributed by atoms with Crippen molar-refractivity contribution < 1.29 is 9.21 Å². The Labute approximate surface area is 160 Å². The number of rotatable bonds is 5. The Hall–Kier alpha value is -3.94. The minimum Gasteiger partial charge on any atom is -0.463 e. The normalized spacial score (nSPS) is 11.2. The molecule has 28 heavy (non-hydrogen) atoms. The second kappa shape index (κ2) is 7.36. The molecular weight excluding hydrogens is 356 g/mol. The zero-order valence-corrected chi connectivity index (χ0v) is 15.4. The van der Waals surface area contributed by atoms with Crippen LogP contribution in [0.2, 0.25) is 0 Å². The molecule has 0 aliphatic heterocycles. The Bertz CT molecular complexity index is 1120. The molecule has 0 bridgehead atoms. The molecule has 3 heterocycles. The van der Waals surface area contributed by atoms with E-state index >= 15 is 0 Å². The van der Waals surface area contributed by atoms with Crippen LogP contribution in [0.5, 0.6) is 0 Å². The molecule has 1 amide bonds. The van der Waals surface area contributed by atoms with Crippen molar-refractivity contribution in [2.75, 3.05) is 0 Å². The summed E-state index contributed by atoms with van der Waals surface area (Å²) in [4.78, 5) is 12.3. The lowest BCUT2D eigenvalue weighted by Crippen LogP contribution is -2.18. The highest BCUT2D eigenvalue weighted by molar-refractivity contribution is 5.94. The summed E-state index contributed by atoms with van der Waals surface area (Å²) in [5.41, 5.74) is 6.90. The van der Waals surface area contributed by atoms with Crippen molar-refractivity contribution in [2.45, 2.75) is 13.8 Å². The van der Waals surface area contributed by atoms with E-state index in [4.69, 9.17) is 4.42 Å². The van der Waals surface area contributed by atoms with E-state index in [0.29, 0.717) is 11.5 Å². The topological polar surface area (TPSA) is 101 Å². The number of para-hydroxylation sites is 1. The highest BCUT2D eigenvalue weighted by atomic mass is 16.3. The fourth-order valence-corrected chi connectivity index (χ4v) is 2.87. The molecular formula is C20H18N6O2. The number of hydrogen-bond donors (Lipinski definition) is 2. The molecule has 0 saturated heterocycles. The lowest BCUT2D eigenvalue weighted by atomic mass is 10.2. The average Bonchev–Trinajstić information content (AvgIpc) is 3.45. The lowest BCUT2D eigenvalue weighted by Gasteiger charge is -2.03. The predicted molar refractivity (Wildman–Crippen MR) is 104 cm³/mol. The monoisotopic (exact) mass is 374 g/mol. The number of carbonyl (C=O) groups is 1. The van der Waals surface area contributed by atoms with Gasteiger partial charge < -0.3 is 4.42 Å². The summed E-state index contributed by atoms with van der Waals surface area (Å²) in [6.07, 6.45) is 3.15. The summed E-state index contributed by atoms with van der Waals surface area (Å²) in [6.45, 7) is 3.86. The Morgan fingerprint density at radius 3 is 2.79 bits per heavy atom. The zero-order valence-electron chi connectivity index (χ0n) is 15.4. The Morgan fingerprint density at radius 1 is 1.21 bits per heavy atom. The zero-order chi connectivity index (χ0) is 19.5. The Kier molecular flexibility index (Phi) is 4.59. The van der Waals surface area contributed by atoms with Crippen LogP contribution in [0, 0.1) is 13.8 Å². The van der Waals surface area contributed by atoms with Crippen LogP contribution < -0.4 is 5.43 Å². The van der Waals surface area contributed by atoms with Crippen LogP contribution in [0.4, 0.5) is 0 Å². The minimum atomic E-state index is -0.420. The number of hydrogen-bond acceptors (Lipinski definition) is 5. The molecule has 8 heteroatoms. The van der Waals surface area contributed by atoms with Crippen molar-refractivity contribution in [3.8, 4) is 17.1 Å². The number of furan rings is 1. The molecule has 0 aliphatic rings. The number of aromatic nitrogens is 4. The molecule has 4 aromatic rings. The first-order valence-electron chi connectivity index (χ1n) is 8.68. The van der Waals surface area contributed by atoms with E-state index in [0.717, 1.165) is 22.6 Å². The third kappa shape index (κ3) is 3.35. The summed E-state index contributed by atoms with van der Waals surface area (Å²) in [6, 6.07) is 15.0. The fourth-order valence-electron chi connectivity index (χ4n) is 2.87. The first-order chi connectivity index (χ1) is 13.6. The van der Waals surface area contributed by atoms with Crippen molar-refractivity contribution in [3.05, 3.63) is 77.4 Å². The number of carbonyl (C=O) groups excluding carboxylic acids is 1. The number of aryl methyl sites for hydroxylation is 1. The lowest BCUT2D eigenvalue weighted by molar-refractivity contribution is 0.0950. The molecule has 8 nitrogen and oxygen atoms in total. The van der Waals surface area contributed by atoms with Crippen LogP contribution in [0.25, 0.3) is 17.1 Å². The molecule has 140 valence electrons. The van der Waals surface area contributed by atoms with Crippen LogP contribution in [0.1, 0.15) is 27.4 Å². The molecule has 4 rings (SSSR count). The van der Waals surface area contributed by atoms with Gasteiger partial charge in [-0.25, -0.2) is 10.1 Å². The van der Waals surface area contributed by atoms with Crippen molar-refractivity contribution in [2.24, 2.45) is 5.10 Å². The van der Waals surface area contributed by atoms with Gasteiger partial charge in [-0.3, -0.25) is 9.89 Å². The number of nitrogens with zero attached hydrogens (tertiary/aromatic N) is 4. The molecule has 3 aromatic heterocycles. The molecule has 0 radical (unpaired) electrons. The highest BCUT2D eigenvalue weighted by Gasteiger charge is 2.13. The van der Waals surface area contributed by atoms with E-state index in [-0.39, 0.29) is 5.69 Å². The summed E-state index contributed by atoms with van der Waals surface area (Å²) in [7, 11) is 0. The van der Waals surface area contributed by atoms with Crippen LogP contribution in [-0.2, 0) is 0 Å². The number of nitrogens with one attached hydrogen (secondary N) is 2. The second-order valence-corrected chi connectivity index (χ2v) is 6.18. The van der Waals surface area contributed by atoms with Gasteiger partial charge in [-0.15, -0.1) is 0 Å². The Morgan fingerprint density at radius 2 is 2.04 bits per heavy atom. The summed E-state index contributed by atoms with van der Waals surface area (Å²) >= 11 is 0. The third-order valence-electron chi connectivity index (χ3n) is 4.30. The van der Waals surface area contributed by atoms with Gasteiger partial charge in [-0.05, 0) is 38.1 Å². The SMILES string of the molecule is Cc1nn(-c2ccccc2)c(C)c1/C=N\NC(=O)c1cc(-c2ccco2)[nH]n1. The molecule has 0 fully saturated rings. The summed E-state index contributed by atoms with van der Waals surface area (Å²) < 4.78 is 7.12. The van der Waals surface area contributed by atoms with Gasteiger partial charge in [-0.2, -0.15) is 15.3 Å². The summed E-state index contributed by atoms with van der Waals surface area (Å²) in [5, 5.41) is 15.4. The summed E-state index contributed by atoms with van der Waals surface area (Å²) in [5.74, 6) is 0.186. The number of H-pyrrole nitrogens is 1. The van der Waals surface area contributed by atoms with Crippen LogP contribution in [0.15, 0.2) is 64.3 Å². The van der Waals surface area contributed by atoms with Gasteiger partial charge in [0.2, 0.25) is 0 Å².